The number of nitrogen functional groups attached to an aromatic ring is 1. The lowest BCUT2D eigenvalue weighted by atomic mass is 9.76. The zero-order valence-electron chi connectivity index (χ0n) is 22.6. The summed E-state index contributed by atoms with van der Waals surface area (Å²) in [6, 6.07) is 16.1. The number of rotatable bonds is 10. The Morgan fingerprint density at radius 2 is 2.05 bits per heavy atom. The lowest BCUT2D eigenvalue weighted by Gasteiger charge is -2.29. The predicted octanol–water partition coefficient (Wildman–Crippen LogP) is 8.22. The minimum absolute atomic E-state index is 0.0754. The van der Waals surface area contributed by atoms with Gasteiger partial charge in [0, 0.05) is 21.8 Å². The molecule has 1 saturated carbocycles. The third kappa shape index (κ3) is 7.55. The van der Waals surface area contributed by atoms with Gasteiger partial charge in [-0.15, -0.1) is 11.3 Å². The van der Waals surface area contributed by atoms with Crippen molar-refractivity contribution in [3.05, 3.63) is 99.3 Å². The second-order valence-electron chi connectivity index (χ2n) is 10.7. The fraction of sp³-hybridized carbons (Fsp3) is 0.333. The summed E-state index contributed by atoms with van der Waals surface area (Å²) in [5.41, 5.74) is 13.0. The predicted molar refractivity (Wildman–Crippen MR) is 163 cm³/mol. The molecule has 5 heteroatoms. The van der Waals surface area contributed by atoms with E-state index >= 15 is 0 Å². The Kier molecular flexibility index (Phi) is 9.35. The smallest absolute Gasteiger partial charge is 0.229 e. The second kappa shape index (κ2) is 12.9. The van der Waals surface area contributed by atoms with Crippen LogP contribution in [0, 0.1) is 24.2 Å². The summed E-state index contributed by atoms with van der Waals surface area (Å²) in [7, 11) is 0. The van der Waals surface area contributed by atoms with Gasteiger partial charge in [0.25, 0.3) is 0 Å². The molecule has 3 aromatic rings. The number of carbonyl (C=O) groups excluding carboxylic acids is 1. The Morgan fingerprint density at radius 3 is 2.82 bits per heavy atom. The lowest BCUT2D eigenvalue weighted by molar-refractivity contribution is -0.115. The van der Waals surface area contributed by atoms with Crippen molar-refractivity contribution in [2.75, 3.05) is 11.1 Å². The first-order valence-electron chi connectivity index (χ1n) is 13.5. The van der Waals surface area contributed by atoms with Crippen LogP contribution in [0.5, 0.6) is 0 Å². The van der Waals surface area contributed by atoms with Crippen LogP contribution in [0.1, 0.15) is 66.2 Å². The van der Waals surface area contributed by atoms with Crippen LogP contribution >= 0.6 is 11.3 Å². The van der Waals surface area contributed by atoms with E-state index in [1.807, 2.05) is 42.6 Å². The van der Waals surface area contributed by atoms with Crippen molar-refractivity contribution in [3.8, 4) is 0 Å². The Hall–Kier alpha value is -3.44. The summed E-state index contributed by atoms with van der Waals surface area (Å²) in [4.78, 5) is 13.6. The Labute approximate surface area is 231 Å². The number of hydrogen-bond acceptors (Lipinski definition) is 4. The van der Waals surface area contributed by atoms with Crippen LogP contribution in [-0.4, -0.2) is 11.6 Å². The van der Waals surface area contributed by atoms with Gasteiger partial charge in [-0.1, -0.05) is 61.4 Å². The van der Waals surface area contributed by atoms with Gasteiger partial charge >= 0.3 is 0 Å². The molecule has 0 bridgehead atoms. The first kappa shape index (κ1) is 27.6. The van der Waals surface area contributed by atoms with Crippen molar-refractivity contribution in [2.24, 2.45) is 11.8 Å². The molecule has 1 aliphatic rings. The van der Waals surface area contributed by atoms with E-state index in [0.29, 0.717) is 35.0 Å². The molecular weight excluding hydrogens is 486 g/mol. The van der Waals surface area contributed by atoms with Gasteiger partial charge < -0.3 is 16.5 Å². The first-order chi connectivity index (χ1) is 18.3. The zero-order valence-corrected chi connectivity index (χ0v) is 23.4. The summed E-state index contributed by atoms with van der Waals surface area (Å²) in [6.45, 7) is 8.28. The molecule has 0 saturated heterocycles. The van der Waals surface area contributed by atoms with Crippen molar-refractivity contribution in [1.82, 2.24) is 0 Å². The van der Waals surface area contributed by atoms with E-state index in [2.05, 4.69) is 43.1 Å². The molecule has 38 heavy (non-hydrogen) atoms. The number of hydrogen-bond donors (Lipinski definition) is 3. The van der Waals surface area contributed by atoms with Crippen molar-refractivity contribution < 1.29 is 4.79 Å². The molecule has 4 N–H and O–H groups in total. The first-order valence-corrected chi connectivity index (χ1v) is 14.4. The summed E-state index contributed by atoms with van der Waals surface area (Å²) >= 11 is 1.57. The highest BCUT2D eigenvalue weighted by atomic mass is 32.1. The van der Waals surface area contributed by atoms with Crippen LogP contribution in [0.2, 0.25) is 0 Å². The number of benzene rings is 2. The van der Waals surface area contributed by atoms with Crippen LogP contribution in [0.3, 0.4) is 0 Å². The van der Waals surface area contributed by atoms with Gasteiger partial charge in [-0.3, -0.25) is 4.79 Å². The summed E-state index contributed by atoms with van der Waals surface area (Å²) in [5, 5.41) is 13.6. The number of nitrogens with two attached hydrogens (primary N) is 1. The van der Waals surface area contributed by atoms with Crippen LogP contribution in [-0.2, 0) is 17.6 Å². The van der Waals surface area contributed by atoms with Crippen LogP contribution < -0.4 is 11.1 Å². The molecule has 1 fully saturated rings. The average Bonchev–Trinajstić information content (AvgIpc) is 3.41. The molecule has 0 aliphatic heterocycles. The number of amides is 1. The van der Waals surface area contributed by atoms with Gasteiger partial charge in [-0.2, -0.15) is 0 Å². The van der Waals surface area contributed by atoms with E-state index in [1.165, 1.54) is 43.2 Å². The zero-order chi connectivity index (χ0) is 27.1. The van der Waals surface area contributed by atoms with Gasteiger partial charge in [0.05, 0.1) is 12.1 Å². The fourth-order valence-electron chi connectivity index (χ4n) is 5.36. The van der Waals surface area contributed by atoms with Crippen LogP contribution in [0.15, 0.2) is 72.1 Å². The molecule has 1 amide bonds. The highest BCUT2D eigenvalue weighted by molar-refractivity contribution is 7.10. The monoisotopic (exact) mass is 525 g/mol. The molecule has 198 valence electrons. The maximum absolute atomic E-state index is 12.5. The van der Waals surface area contributed by atoms with E-state index in [-0.39, 0.29) is 5.91 Å². The molecule has 2 atom stereocenters. The van der Waals surface area contributed by atoms with Crippen molar-refractivity contribution >= 4 is 40.4 Å². The topological polar surface area (TPSA) is 79.0 Å². The van der Waals surface area contributed by atoms with Crippen molar-refractivity contribution in [1.29, 1.82) is 5.41 Å². The molecule has 2 unspecified atom stereocenters. The number of nitrogens with one attached hydrogen (secondary N) is 2. The molecule has 1 heterocycles. The molecule has 4 rings (SSSR count). The Balaban J connectivity index is 1.38. The van der Waals surface area contributed by atoms with E-state index in [0.717, 1.165) is 28.3 Å². The minimum atomic E-state index is -0.0754. The molecule has 0 radical (unpaired) electrons. The minimum Gasteiger partial charge on any atom is -0.398 e. The number of allylic oxidation sites excluding steroid dienone is 2. The molecule has 0 spiro atoms. The fourth-order valence-corrected chi connectivity index (χ4v) is 6.06. The molecule has 1 aromatic heterocycles. The highest BCUT2D eigenvalue weighted by Gasteiger charge is 2.22. The Bertz CT molecular complexity index is 1320. The van der Waals surface area contributed by atoms with E-state index in [1.54, 1.807) is 17.4 Å². The SMILES string of the molecule is C=C(C)C1CCCC(CCc2cccc(/C=C/C(=N)c3cc(NC(=O)Cc4cccs4)c(C)cc3N)c2)C1. The Morgan fingerprint density at radius 1 is 1.21 bits per heavy atom. The summed E-state index contributed by atoms with van der Waals surface area (Å²) in [5.74, 6) is 1.40. The van der Waals surface area contributed by atoms with E-state index in [4.69, 9.17) is 11.1 Å². The standard InChI is InChI=1S/C33H39N3OS/c1-22(2)27-10-5-9-26(19-27)13-12-24-7-4-8-25(18-24)14-15-30(34)29-21-32(23(3)17-31(29)35)36-33(37)20-28-11-6-16-38-28/h4,6-8,11,14-18,21,26-27,34H,1,5,9-10,12-13,19-20,35H2,2-3H3,(H,36,37)/b15-14+,34-30?. The van der Waals surface area contributed by atoms with Crippen LogP contribution in [0.25, 0.3) is 6.08 Å². The number of carbonyl (C=O) groups is 1. The number of thiophene rings is 1. The third-order valence-corrected chi connectivity index (χ3v) is 8.47. The molecular formula is C33H39N3OS. The highest BCUT2D eigenvalue weighted by Crippen LogP contribution is 2.35. The molecule has 2 aromatic carbocycles. The van der Waals surface area contributed by atoms with Crippen molar-refractivity contribution in [2.45, 2.75) is 58.8 Å². The van der Waals surface area contributed by atoms with Gasteiger partial charge in [0.15, 0.2) is 0 Å². The molecule has 1 aliphatic carbocycles. The largest absolute Gasteiger partial charge is 0.398 e. The van der Waals surface area contributed by atoms with Crippen LogP contribution in [0.4, 0.5) is 11.4 Å². The van der Waals surface area contributed by atoms with E-state index < -0.39 is 0 Å². The normalized spacial score (nSPS) is 17.4. The van der Waals surface area contributed by atoms with Gasteiger partial charge in [0.1, 0.15) is 0 Å². The van der Waals surface area contributed by atoms with Gasteiger partial charge in [-0.05, 0) is 97.7 Å². The second-order valence-corrected chi connectivity index (χ2v) is 11.7. The lowest BCUT2D eigenvalue weighted by Crippen LogP contribution is -2.16. The van der Waals surface area contributed by atoms with E-state index in [9.17, 15) is 4.79 Å². The maximum Gasteiger partial charge on any atom is 0.229 e. The van der Waals surface area contributed by atoms with Gasteiger partial charge in [-0.25, -0.2) is 0 Å². The van der Waals surface area contributed by atoms with Crippen molar-refractivity contribution in [3.63, 3.8) is 0 Å². The summed E-state index contributed by atoms with van der Waals surface area (Å²) < 4.78 is 0. The molecule has 4 nitrogen and oxygen atoms in total. The summed E-state index contributed by atoms with van der Waals surface area (Å²) in [6.07, 6.45) is 11.6. The third-order valence-electron chi connectivity index (χ3n) is 7.59. The number of anilines is 2. The average molecular weight is 526 g/mol. The number of aryl methyl sites for hydroxylation is 2. The quantitative estimate of drug-likeness (QED) is 0.142. The maximum atomic E-state index is 12.5. The van der Waals surface area contributed by atoms with Gasteiger partial charge in [0.2, 0.25) is 5.91 Å².